The van der Waals surface area contributed by atoms with Gasteiger partial charge in [0.15, 0.2) is 5.54 Å². The fourth-order valence-corrected chi connectivity index (χ4v) is 2.38. The Hall–Kier alpha value is -2.86. The van der Waals surface area contributed by atoms with E-state index in [2.05, 4.69) is 10.9 Å². The van der Waals surface area contributed by atoms with Crippen LogP contribution in [0.3, 0.4) is 0 Å². The number of nitrogens with zero attached hydrogens (tertiary/aromatic N) is 1. The quantitative estimate of drug-likeness (QED) is 0.638. The number of carbonyl (C=O) groups excluding carboxylic acids is 1. The van der Waals surface area contributed by atoms with E-state index in [0.29, 0.717) is 5.90 Å². The maximum absolute atomic E-state index is 12.4. The molecule has 21 heavy (non-hydrogen) atoms. The highest BCUT2D eigenvalue weighted by Gasteiger charge is 2.47. The van der Waals surface area contributed by atoms with E-state index >= 15 is 0 Å². The highest BCUT2D eigenvalue weighted by molar-refractivity contribution is 6.08. The number of hydrogen-bond acceptors (Lipinski definition) is 3. The van der Waals surface area contributed by atoms with Gasteiger partial charge in [-0.25, -0.2) is 9.79 Å². The standard InChI is InChI=1S/C18H13NO2/c1-2-13-18(15-11-7-4-8-12-15)17(20)21-16(19-18)14-9-5-3-6-10-14/h1,3-12H,13H2. The summed E-state index contributed by atoms with van der Waals surface area (Å²) in [5.74, 6) is 2.44. The van der Waals surface area contributed by atoms with Crippen LogP contribution in [0, 0.1) is 12.3 Å². The van der Waals surface area contributed by atoms with Gasteiger partial charge in [0.1, 0.15) is 0 Å². The van der Waals surface area contributed by atoms with Gasteiger partial charge in [-0.05, 0) is 17.7 Å². The van der Waals surface area contributed by atoms with Crippen LogP contribution < -0.4 is 0 Å². The number of esters is 1. The summed E-state index contributed by atoms with van der Waals surface area (Å²) >= 11 is 0. The minimum absolute atomic E-state index is 0.173. The molecule has 0 radical (unpaired) electrons. The lowest BCUT2D eigenvalue weighted by molar-refractivity contribution is -0.139. The second-order valence-corrected chi connectivity index (χ2v) is 4.78. The normalized spacial score (nSPS) is 20.5. The molecule has 3 rings (SSSR count). The highest BCUT2D eigenvalue weighted by Crippen LogP contribution is 2.36. The van der Waals surface area contributed by atoms with Crippen LogP contribution in [0.4, 0.5) is 0 Å². The molecule has 1 heterocycles. The molecule has 0 aromatic heterocycles. The van der Waals surface area contributed by atoms with Crippen molar-refractivity contribution in [3.8, 4) is 12.3 Å². The Bertz CT molecular complexity index is 729. The largest absolute Gasteiger partial charge is 0.405 e. The summed E-state index contributed by atoms with van der Waals surface area (Å²) in [6, 6.07) is 18.6. The number of ether oxygens (including phenoxy) is 1. The van der Waals surface area contributed by atoms with Crippen LogP contribution in [0.2, 0.25) is 0 Å². The number of terminal acetylenes is 1. The van der Waals surface area contributed by atoms with Crippen molar-refractivity contribution >= 4 is 11.9 Å². The van der Waals surface area contributed by atoms with Crippen molar-refractivity contribution in [3.05, 3.63) is 71.8 Å². The Balaban J connectivity index is 2.11. The number of benzene rings is 2. The Morgan fingerprint density at radius 3 is 2.29 bits per heavy atom. The molecule has 0 fully saturated rings. The second kappa shape index (κ2) is 5.26. The van der Waals surface area contributed by atoms with Gasteiger partial charge in [-0.1, -0.05) is 48.5 Å². The lowest BCUT2D eigenvalue weighted by Crippen LogP contribution is -2.30. The van der Waals surface area contributed by atoms with Crippen molar-refractivity contribution in [2.24, 2.45) is 4.99 Å². The number of aliphatic imine (C=N–C) groups is 1. The predicted octanol–water partition coefficient (Wildman–Crippen LogP) is 2.91. The van der Waals surface area contributed by atoms with E-state index in [1.807, 2.05) is 60.7 Å². The van der Waals surface area contributed by atoms with Gasteiger partial charge in [0.05, 0.1) is 0 Å². The summed E-state index contributed by atoms with van der Waals surface area (Å²) in [4.78, 5) is 17.0. The van der Waals surface area contributed by atoms with Crippen molar-refractivity contribution in [1.82, 2.24) is 0 Å². The summed E-state index contributed by atoms with van der Waals surface area (Å²) in [6.45, 7) is 0. The third kappa shape index (κ3) is 2.21. The van der Waals surface area contributed by atoms with E-state index in [0.717, 1.165) is 11.1 Å². The third-order valence-electron chi connectivity index (χ3n) is 3.45. The van der Waals surface area contributed by atoms with Crippen LogP contribution in [-0.2, 0) is 15.1 Å². The summed E-state index contributed by atoms with van der Waals surface area (Å²) < 4.78 is 5.39. The first-order valence-electron chi connectivity index (χ1n) is 6.63. The van der Waals surface area contributed by atoms with Crippen molar-refractivity contribution in [1.29, 1.82) is 0 Å². The van der Waals surface area contributed by atoms with Crippen molar-refractivity contribution in [2.75, 3.05) is 0 Å². The van der Waals surface area contributed by atoms with Crippen LogP contribution in [0.5, 0.6) is 0 Å². The number of carbonyl (C=O) groups is 1. The van der Waals surface area contributed by atoms with Gasteiger partial charge in [-0.2, -0.15) is 0 Å². The molecule has 0 amide bonds. The fourth-order valence-electron chi connectivity index (χ4n) is 2.38. The van der Waals surface area contributed by atoms with E-state index in [1.54, 1.807) is 0 Å². The lowest BCUT2D eigenvalue weighted by atomic mass is 9.88. The fraction of sp³-hybridized carbons (Fsp3) is 0.111. The first kappa shape index (κ1) is 13.1. The van der Waals surface area contributed by atoms with E-state index in [-0.39, 0.29) is 6.42 Å². The predicted molar refractivity (Wildman–Crippen MR) is 80.6 cm³/mol. The molecule has 3 heteroatoms. The highest BCUT2D eigenvalue weighted by atomic mass is 16.6. The van der Waals surface area contributed by atoms with Gasteiger partial charge in [0.25, 0.3) is 0 Å². The topological polar surface area (TPSA) is 38.7 Å². The van der Waals surface area contributed by atoms with E-state index in [4.69, 9.17) is 11.2 Å². The summed E-state index contributed by atoms with van der Waals surface area (Å²) in [6.07, 6.45) is 5.62. The zero-order valence-corrected chi connectivity index (χ0v) is 11.3. The summed E-state index contributed by atoms with van der Waals surface area (Å²) in [7, 11) is 0. The van der Waals surface area contributed by atoms with Crippen molar-refractivity contribution < 1.29 is 9.53 Å². The molecule has 0 aliphatic carbocycles. The molecule has 0 spiro atoms. The lowest BCUT2D eigenvalue weighted by Gasteiger charge is -2.19. The molecule has 3 nitrogen and oxygen atoms in total. The van der Waals surface area contributed by atoms with Gasteiger partial charge in [0, 0.05) is 12.0 Å². The van der Waals surface area contributed by atoms with E-state index < -0.39 is 11.5 Å². The molecule has 2 aromatic rings. The molecular formula is C18H13NO2. The molecule has 0 saturated heterocycles. The molecule has 102 valence electrons. The SMILES string of the molecule is C#CCC1(c2ccccc2)N=C(c2ccccc2)OC1=O. The number of hydrogen-bond donors (Lipinski definition) is 0. The third-order valence-corrected chi connectivity index (χ3v) is 3.45. The van der Waals surface area contributed by atoms with Gasteiger partial charge < -0.3 is 4.74 Å². The average Bonchev–Trinajstić information content (AvgIpc) is 2.88. The van der Waals surface area contributed by atoms with Gasteiger partial charge in [-0.3, -0.25) is 0 Å². The monoisotopic (exact) mass is 275 g/mol. The zero-order valence-electron chi connectivity index (χ0n) is 11.3. The molecule has 0 saturated carbocycles. The van der Waals surface area contributed by atoms with Gasteiger partial charge in [-0.15, -0.1) is 12.3 Å². The van der Waals surface area contributed by atoms with Gasteiger partial charge in [0.2, 0.25) is 5.90 Å². The first-order chi connectivity index (χ1) is 10.3. The minimum Gasteiger partial charge on any atom is -0.405 e. The maximum atomic E-state index is 12.4. The molecule has 1 unspecified atom stereocenters. The summed E-state index contributed by atoms with van der Waals surface area (Å²) in [5, 5.41) is 0. The Morgan fingerprint density at radius 1 is 1.05 bits per heavy atom. The second-order valence-electron chi connectivity index (χ2n) is 4.78. The molecular weight excluding hydrogens is 262 g/mol. The first-order valence-corrected chi connectivity index (χ1v) is 6.63. The number of cyclic esters (lactones) is 1. The minimum atomic E-state index is -1.14. The van der Waals surface area contributed by atoms with Crippen LogP contribution >= 0.6 is 0 Å². The molecule has 1 atom stereocenters. The molecule has 0 N–H and O–H groups in total. The van der Waals surface area contributed by atoms with Gasteiger partial charge >= 0.3 is 5.97 Å². The van der Waals surface area contributed by atoms with Crippen LogP contribution in [0.15, 0.2) is 65.7 Å². The molecule has 1 aliphatic heterocycles. The zero-order chi connectivity index (χ0) is 14.7. The average molecular weight is 275 g/mol. The van der Waals surface area contributed by atoms with Crippen LogP contribution in [0.1, 0.15) is 17.5 Å². The Kier molecular flexibility index (Phi) is 3.29. The Labute approximate surface area is 123 Å². The van der Waals surface area contributed by atoms with Crippen LogP contribution in [-0.4, -0.2) is 11.9 Å². The molecule has 2 aromatic carbocycles. The van der Waals surface area contributed by atoms with E-state index in [9.17, 15) is 4.79 Å². The van der Waals surface area contributed by atoms with Crippen molar-refractivity contribution in [3.63, 3.8) is 0 Å². The number of rotatable bonds is 3. The smallest absolute Gasteiger partial charge is 0.346 e. The molecule has 1 aliphatic rings. The van der Waals surface area contributed by atoms with E-state index in [1.165, 1.54) is 0 Å². The van der Waals surface area contributed by atoms with Crippen LogP contribution in [0.25, 0.3) is 0 Å². The summed E-state index contributed by atoms with van der Waals surface area (Å²) in [5.41, 5.74) is 0.376. The Morgan fingerprint density at radius 2 is 1.67 bits per heavy atom. The molecule has 0 bridgehead atoms. The van der Waals surface area contributed by atoms with Crippen molar-refractivity contribution in [2.45, 2.75) is 12.0 Å². The maximum Gasteiger partial charge on any atom is 0.346 e.